The first kappa shape index (κ1) is 15.5. The molecule has 0 saturated carbocycles. The Kier molecular flexibility index (Phi) is 4.90. The Hall–Kier alpha value is -2.37. The molecule has 0 saturated heterocycles. The summed E-state index contributed by atoms with van der Waals surface area (Å²) >= 11 is 11.8. The van der Waals surface area contributed by atoms with Gasteiger partial charge in [0.15, 0.2) is 5.82 Å². The summed E-state index contributed by atoms with van der Waals surface area (Å²) in [6, 6.07) is 14.9. The van der Waals surface area contributed by atoms with Gasteiger partial charge in [0.1, 0.15) is 0 Å². The molecule has 0 amide bonds. The summed E-state index contributed by atoms with van der Waals surface area (Å²) in [6.45, 7) is 0.618. The maximum atomic E-state index is 5.95. The minimum absolute atomic E-state index is 0.397. The number of anilines is 3. The van der Waals surface area contributed by atoms with Crippen LogP contribution in [0, 0.1) is 0 Å². The average molecular weight is 346 g/mol. The lowest BCUT2D eigenvalue weighted by molar-refractivity contribution is 0.966. The van der Waals surface area contributed by atoms with Crippen LogP contribution in [0.15, 0.2) is 54.7 Å². The van der Waals surface area contributed by atoms with E-state index in [2.05, 4.69) is 25.8 Å². The fourth-order valence-electron chi connectivity index (χ4n) is 1.93. The van der Waals surface area contributed by atoms with Crippen LogP contribution in [0.4, 0.5) is 17.5 Å². The third-order valence-corrected chi connectivity index (χ3v) is 3.51. The number of nitrogens with one attached hydrogen (secondary N) is 2. The van der Waals surface area contributed by atoms with Gasteiger partial charge in [0.05, 0.1) is 6.20 Å². The highest BCUT2D eigenvalue weighted by atomic mass is 35.5. The van der Waals surface area contributed by atoms with E-state index in [1.54, 1.807) is 18.3 Å². The standard InChI is InChI=1S/C16H13Cl2N5/c17-12-6-4-11(5-7-12)9-19-15-10-20-23-16(22-15)21-14-3-1-2-13(18)8-14/h1-8,10H,9H2,(H2,19,21,22,23). The van der Waals surface area contributed by atoms with Gasteiger partial charge in [-0.15, -0.1) is 5.10 Å². The summed E-state index contributed by atoms with van der Waals surface area (Å²) in [5.74, 6) is 1.02. The highest BCUT2D eigenvalue weighted by Gasteiger charge is 2.02. The highest BCUT2D eigenvalue weighted by molar-refractivity contribution is 6.31. The summed E-state index contributed by atoms with van der Waals surface area (Å²) < 4.78 is 0. The van der Waals surface area contributed by atoms with E-state index >= 15 is 0 Å². The van der Waals surface area contributed by atoms with E-state index in [0.29, 0.717) is 28.4 Å². The van der Waals surface area contributed by atoms with Crippen molar-refractivity contribution in [2.24, 2.45) is 0 Å². The number of hydrogen-bond donors (Lipinski definition) is 2. The van der Waals surface area contributed by atoms with Gasteiger partial charge in [0.2, 0.25) is 5.95 Å². The molecule has 0 spiro atoms. The van der Waals surface area contributed by atoms with Gasteiger partial charge in [-0.1, -0.05) is 41.4 Å². The van der Waals surface area contributed by atoms with Crippen molar-refractivity contribution in [1.29, 1.82) is 0 Å². The first-order valence-electron chi connectivity index (χ1n) is 6.90. The van der Waals surface area contributed by atoms with E-state index in [9.17, 15) is 0 Å². The van der Waals surface area contributed by atoms with Crippen LogP contribution in [0.3, 0.4) is 0 Å². The van der Waals surface area contributed by atoms with Crippen molar-refractivity contribution in [3.05, 3.63) is 70.3 Å². The summed E-state index contributed by atoms with van der Waals surface area (Å²) in [4.78, 5) is 4.37. The molecule has 7 heteroatoms. The van der Waals surface area contributed by atoms with Crippen molar-refractivity contribution in [1.82, 2.24) is 15.2 Å². The number of hydrogen-bond acceptors (Lipinski definition) is 5. The SMILES string of the molecule is Clc1ccc(CNc2cnnc(Nc3cccc(Cl)c3)n2)cc1. The van der Waals surface area contributed by atoms with Crippen LogP contribution in [0.2, 0.25) is 10.0 Å². The first-order valence-corrected chi connectivity index (χ1v) is 7.65. The van der Waals surface area contributed by atoms with Gasteiger partial charge in [0, 0.05) is 22.3 Å². The Labute approximate surface area is 143 Å². The van der Waals surface area contributed by atoms with Crippen molar-refractivity contribution in [3.63, 3.8) is 0 Å². The Morgan fingerprint density at radius 1 is 0.957 bits per heavy atom. The molecule has 0 aliphatic rings. The molecule has 2 aromatic carbocycles. The molecule has 3 aromatic rings. The number of halogens is 2. The zero-order chi connectivity index (χ0) is 16.1. The van der Waals surface area contributed by atoms with Crippen LogP contribution in [0.25, 0.3) is 0 Å². The molecular weight excluding hydrogens is 333 g/mol. The third-order valence-electron chi connectivity index (χ3n) is 3.03. The molecule has 0 bridgehead atoms. The van der Waals surface area contributed by atoms with Gasteiger partial charge in [-0.3, -0.25) is 0 Å². The van der Waals surface area contributed by atoms with E-state index in [1.165, 1.54) is 0 Å². The van der Waals surface area contributed by atoms with Crippen molar-refractivity contribution in [3.8, 4) is 0 Å². The molecule has 0 aliphatic heterocycles. The maximum absolute atomic E-state index is 5.95. The zero-order valence-electron chi connectivity index (χ0n) is 12.0. The third kappa shape index (κ3) is 4.55. The lowest BCUT2D eigenvalue weighted by atomic mass is 10.2. The van der Waals surface area contributed by atoms with E-state index in [4.69, 9.17) is 23.2 Å². The van der Waals surface area contributed by atoms with E-state index in [-0.39, 0.29) is 0 Å². The van der Waals surface area contributed by atoms with E-state index in [1.807, 2.05) is 36.4 Å². The maximum Gasteiger partial charge on any atom is 0.249 e. The number of nitrogens with zero attached hydrogens (tertiary/aromatic N) is 3. The van der Waals surface area contributed by atoms with Crippen LogP contribution in [-0.2, 0) is 6.54 Å². The van der Waals surface area contributed by atoms with Crippen molar-refractivity contribution < 1.29 is 0 Å². The van der Waals surface area contributed by atoms with Gasteiger partial charge < -0.3 is 10.6 Å². The van der Waals surface area contributed by atoms with E-state index in [0.717, 1.165) is 11.3 Å². The van der Waals surface area contributed by atoms with Gasteiger partial charge in [0.25, 0.3) is 0 Å². The fraction of sp³-hybridized carbons (Fsp3) is 0.0625. The van der Waals surface area contributed by atoms with Crippen LogP contribution in [-0.4, -0.2) is 15.2 Å². The first-order chi connectivity index (χ1) is 11.2. The molecule has 0 aliphatic carbocycles. The lowest BCUT2D eigenvalue weighted by Crippen LogP contribution is -2.05. The second-order valence-electron chi connectivity index (χ2n) is 4.78. The van der Waals surface area contributed by atoms with Gasteiger partial charge >= 0.3 is 0 Å². The predicted molar refractivity (Wildman–Crippen MR) is 93.3 cm³/mol. The van der Waals surface area contributed by atoms with Crippen molar-refractivity contribution >= 4 is 40.7 Å². The summed E-state index contributed by atoms with van der Waals surface area (Å²) in [6.07, 6.45) is 1.57. The number of benzene rings is 2. The highest BCUT2D eigenvalue weighted by Crippen LogP contribution is 2.18. The Bertz CT molecular complexity index is 792. The quantitative estimate of drug-likeness (QED) is 0.710. The second-order valence-corrected chi connectivity index (χ2v) is 5.65. The largest absolute Gasteiger partial charge is 0.365 e. The normalized spacial score (nSPS) is 10.3. The Morgan fingerprint density at radius 3 is 2.57 bits per heavy atom. The van der Waals surface area contributed by atoms with Crippen LogP contribution < -0.4 is 10.6 Å². The molecule has 2 N–H and O–H groups in total. The Balaban J connectivity index is 1.66. The van der Waals surface area contributed by atoms with E-state index < -0.39 is 0 Å². The molecule has 5 nitrogen and oxygen atoms in total. The molecule has 0 fully saturated rings. The molecule has 0 unspecified atom stereocenters. The second kappa shape index (κ2) is 7.26. The van der Waals surface area contributed by atoms with Crippen LogP contribution in [0.5, 0.6) is 0 Å². The number of aromatic nitrogens is 3. The average Bonchev–Trinajstić information content (AvgIpc) is 2.55. The van der Waals surface area contributed by atoms with Crippen molar-refractivity contribution in [2.75, 3.05) is 10.6 Å². The zero-order valence-corrected chi connectivity index (χ0v) is 13.5. The number of rotatable bonds is 5. The monoisotopic (exact) mass is 345 g/mol. The minimum atomic E-state index is 0.397. The predicted octanol–water partition coefficient (Wildman–Crippen LogP) is 4.53. The molecule has 0 atom stereocenters. The van der Waals surface area contributed by atoms with Crippen molar-refractivity contribution in [2.45, 2.75) is 6.54 Å². The molecule has 3 rings (SSSR count). The summed E-state index contributed by atoms with van der Waals surface area (Å²) in [5, 5.41) is 15.5. The molecule has 0 radical (unpaired) electrons. The molecular formula is C16H13Cl2N5. The molecule has 1 heterocycles. The minimum Gasteiger partial charge on any atom is -0.365 e. The molecule has 116 valence electrons. The summed E-state index contributed by atoms with van der Waals surface area (Å²) in [7, 11) is 0. The van der Waals surface area contributed by atoms with Gasteiger partial charge in [-0.05, 0) is 35.9 Å². The van der Waals surface area contributed by atoms with Crippen LogP contribution in [0.1, 0.15) is 5.56 Å². The molecule has 1 aromatic heterocycles. The lowest BCUT2D eigenvalue weighted by Gasteiger charge is -2.08. The molecule has 23 heavy (non-hydrogen) atoms. The van der Waals surface area contributed by atoms with Gasteiger partial charge in [-0.2, -0.15) is 10.1 Å². The Morgan fingerprint density at radius 2 is 1.78 bits per heavy atom. The summed E-state index contributed by atoms with van der Waals surface area (Å²) in [5.41, 5.74) is 1.89. The fourth-order valence-corrected chi connectivity index (χ4v) is 2.25. The van der Waals surface area contributed by atoms with Crippen LogP contribution >= 0.6 is 23.2 Å². The smallest absolute Gasteiger partial charge is 0.249 e. The van der Waals surface area contributed by atoms with Gasteiger partial charge in [-0.25, -0.2) is 0 Å². The topological polar surface area (TPSA) is 62.7 Å².